The number of pyridine rings is 1. The first-order chi connectivity index (χ1) is 14.7. The van der Waals surface area contributed by atoms with Gasteiger partial charge in [0.25, 0.3) is 0 Å². The van der Waals surface area contributed by atoms with E-state index in [4.69, 9.17) is 16.3 Å². The van der Waals surface area contributed by atoms with Gasteiger partial charge in [-0.3, -0.25) is 4.57 Å². The number of halogens is 1. The molecule has 0 aliphatic carbocycles. The van der Waals surface area contributed by atoms with Crippen LogP contribution in [0.15, 0.2) is 46.9 Å². The van der Waals surface area contributed by atoms with E-state index in [0.29, 0.717) is 10.9 Å². The predicted octanol–water partition coefficient (Wildman–Crippen LogP) is 5.99. The zero-order valence-electron chi connectivity index (χ0n) is 16.5. The van der Waals surface area contributed by atoms with Crippen LogP contribution in [0.1, 0.15) is 24.0 Å². The van der Waals surface area contributed by atoms with Gasteiger partial charge in [-0.25, -0.2) is 4.98 Å². The van der Waals surface area contributed by atoms with E-state index in [9.17, 15) is 0 Å². The molecule has 1 saturated heterocycles. The van der Waals surface area contributed by atoms with Gasteiger partial charge in [-0.1, -0.05) is 41.6 Å². The van der Waals surface area contributed by atoms with Gasteiger partial charge < -0.3 is 4.74 Å². The van der Waals surface area contributed by atoms with Crippen molar-refractivity contribution in [2.45, 2.75) is 43.3 Å². The van der Waals surface area contributed by atoms with Crippen LogP contribution in [0.25, 0.3) is 21.6 Å². The van der Waals surface area contributed by atoms with Crippen LogP contribution in [0.3, 0.4) is 0 Å². The molecule has 1 aromatic carbocycles. The van der Waals surface area contributed by atoms with Crippen molar-refractivity contribution in [3.05, 3.63) is 58.1 Å². The van der Waals surface area contributed by atoms with Gasteiger partial charge in [-0.05, 0) is 48.9 Å². The molecule has 8 heteroatoms. The van der Waals surface area contributed by atoms with Crippen molar-refractivity contribution in [3.8, 4) is 10.7 Å². The van der Waals surface area contributed by atoms with Crippen molar-refractivity contribution in [3.63, 3.8) is 0 Å². The summed E-state index contributed by atoms with van der Waals surface area (Å²) in [5, 5.41) is 13.6. The third kappa shape index (κ3) is 4.12. The fraction of sp³-hybridized carbons (Fsp3) is 0.318. The summed E-state index contributed by atoms with van der Waals surface area (Å²) in [6.07, 6.45) is 2.40. The Morgan fingerprint density at radius 3 is 3.00 bits per heavy atom. The van der Waals surface area contributed by atoms with Crippen LogP contribution in [0.2, 0.25) is 5.15 Å². The van der Waals surface area contributed by atoms with Gasteiger partial charge in [0.15, 0.2) is 11.0 Å². The summed E-state index contributed by atoms with van der Waals surface area (Å²) in [5.41, 5.74) is 3.11. The van der Waals surface area contributed by atoms with E-state index in [-0.39, 0.29) is 6.10 Å². The van der Waals surface area contributed by atoms with Crippen LogP contribution in [0, 0.1) is 6.92 Å². The van der Waals surface area contributed by atoms with Crippen molar-refractivity contribution in [1.82, 2.24) is 19.7 Å². The van der Waals surface area contributed by atoms with Gasteiger partial charge in [0.1, 0.15) is 5.15 Å². The van der Waals surface area contributed by atoms with Gasteiger partial charge in [0.2, 0.25) is 0 Å². The Labute approximate surface area is 188 Å². The van der Waals surface area contributed by atoms with Crippen LogP contribution >= 0.6 is 34.7 Å². The highest BCUT2D eigenvalue weighted by atomic mass is 35.5. The van der Waals surface area contributed by atoms with Gasteiger partial charge >= 0.3 is 0 Å². The van der Waals surface area contributed by atoms with E-state index in [1.54, 1.807) is 23.1 Å². The van der Waals surface area contributed by atoms with Crippen LogP contribution in [0.4, 0.5) is 0 Å². The third-order valence-corrected chi connectivity index (χ3v) is 7.43. The average molecular weight is 457 g/mol. The lowest BCUT2D eigenvalue weighted by molar-refractivity contribution is 0.0953. The molecule has 154 valence electrons. The summed E-state index contributed by atoms with van der Waals surface area (Å²) >= 11 is 9.82. The molecule has 3 aromatic heterocycles. The SMILES string of the molecule is Cc1ccc2cc(CSc3nnc(-c4cccs4)n3CC3CCCO3)c(Cl)nc2c1. The van der Waals surface area contributed by atoms with Crippen LogP contribution in [-0.4, -0.2) is 32.5 Å². The molecule has 4 heterocycles. The number of benzene rings is 1. The zero-order chi connectivity index (χ0) is 20.5. The highest BCUT2D eigenvalue weighted by Crippen LogP contribution is 2.32. The Kier molecular flexibility index (Phi) is 5.78. The van der Waals surface area contributed by atoms with Crippen LogP contribution in [-0.2, 0) is 17.0 Å². The number of nitrogens with zero attached hydrogens (tertiary/aromatic N) is 4. The number of hydrogen-bond acceptors (Lipinski definition) is 6. The lowest BCUT2D eigenvalue weighted by Gasteiger charge is -2.14. The summed E-state index contributed by atoms with van der Waals surface area (Å²) in [4.78, 5) is 5.71. The molecule has 1 aliphatic rings. The van der Waals surface area contributed by atoms with Crippen molar-refractivity contribution in [2.75, 3.05) is 6.61 Å². The number of aromatic nitrogens is 4. The Bertz CT molecular complexity index is 1170. The summed E-state index contributed by atoms with van der Waals surface area (Å²) in [6, 6.07) is 12.5. The molecular formula is C22H21ClN4OS2. The van der Waals surface area contributed by atoms with Crippen molar-refractivity contribution >= 4 is 45.6 Å². The van der Waals surface area contributed by atoms with Crippen LogP contribution in [0.5, 0.6) is 0 Å². The second kappa shape index (κ2) is 8.67. The molecule has 0 spiro atoms. The number of hydrogen-bond donors (Lipinski definition) is 0. The van der Waals surface area contributed by atoms with Gasteiger partial charge in [-0.2, -0.15) is 0 Å². The fourth-order valence-electron chi connectivity index (χ4n) is 3.68. The number of thioether (sulfide) groups is 1. The number of fused-ring (bicyclic) bond motifs is 1. The number of rotatable bonds is 6. The normalized spacial score (nSPS) is 16.5. The Balaban J connectivity index is 1.42. The molecule has 1 aliphatic heterocycles. The Morgan fingerprint density at radius 2 is 2.20 bits per heavy atom. The number of aryl methyl sites for hydroxylation is 1. The molecule has 0 saturated carbocycles. The summed E-state index contributed by atoms with van der Waals surface area (Å²) < 4.78 is 8.07. The molecule has 30 heavy (non-hydrogen) atoms. The third-order valence-electron chi connectivity index (χ3n) is 5.22. The van der Waals surface area contributed by atoms with Crippen molar-refractivity contribution in [1.29, 1.82) is 0 Å². The van der Waals surface area contributed by atoms with Crippen molar-refractivity contribution < 1.29 is 4.74 Å². The maximum absolute atomic E-state index is 6.50. The minimum absolute atomic E-state index is 0.216. The molecule has 0 radical (unpaired) electrons. The topological polar surface area (TPSA) is 52.8 Å². The molecule has 4 aromatic rings. The Hall–Kier alpha value is -1.93. The molecule has 5 nitrogen and oxygen atoms in total. The first-order valence-corrected chi connectivity index (χ1v) is 12.2. The van der Waals surface area contributed by atoms with Crippen LogP contribution < -0.4 is 0 Å². The molecular weight excluding hydrogens is 436 g/mol. The van der Waals surface area contributed by atoms with E-state index in [1.807, 2.05) is 6.07 Å². The smallest absolute Gasteiger partial charge is 0.191 e. The maximum Gasteiger partial charge on any atom is 0.191 e. The van der Waals surface area contributed by atoms with E-state index >= 15 is 0 Å². The van der Waals surface area contributed by atoms with Gasteiger partial charge in [-0.15, -0.1) is 21.5 Å². The zero-order valence-corrected chi connectivity index (χ0v) is 18.9. The van der Waals surface area contributed by atoms with Gasteiger partial charge in [0, 0.05) is 23.3 Å². The molecule has 1 unspecified atom stereocenters. The number of thiophene rings is 1. The average Bonchev–Trinajstić information content (AvgIpc) is 3.49. The van der Waals surface area contributed by atoms with E-state index < -0.39 is 0 Å². The molecule has 0 amide bonds. The lowest BCUT2D eigenvalue weighted by Crippen LogP contribution is -2.16. The Morgan fingerprint density at radius 1 is 1.27 bits per heavy atom. The van der Waals surface area contributed by atoms with E-state index in [0.717, 1.165) is 58.3 Å². The van der Waals surface area contributed by atoms with Gasteiger partial charge in [0.05, 0.1) is 23.0 Å². The molecule has 1 atom stereocenters. The first-order valence-electron chi connectivity index (χ1n) is 9.94. The second-order valence-electron chi connectivity index (χ2n) is 7.45. The monoisotopic (exact) mass is 456 g/mol. The molecule has 1 fully saturated rings. The minimum Gasteiger partial charge on any atom is -0.376 e. The molecule has 0 bridgehead atoms. The highest BCUT2D eigenvalue weighted by Gasteiger charge is 2.22. The lowest BCUT2D eigenvalue weighted by atomic mass is 10.1. The predicted molar refractivity (Wildman–Crippen MR) is 123 cm³/mol. The summed E-state index contributed by atoms with van der Waals surface area (Å²) in [5.74, 6) is 1.59. The van der Waals surface area contributed by atoms with Crippen molar-refractivity contribution in [2.24, 2.45) is 0 Å². The molecule has 5 rings (SSSR count). The maximum atomic E-state index is 6.50. The van der Waals surface area contributed by atoms with E-state index in [1.165, 1.54) is 5.56 Å². The minimum atomic E-state index is 0.216. The molecule has 0 N–H and O–H groups in total. The second-order valence-corrected chi connectivity index (χ2v) is 9.70. The first kappa shape index (κ1) is 20.0. The largest absolute Gasteiger partial charge is 0.376 e. The summed E-state index contributed by atoms with van der Waals surface area (Å²) in [7, 11) is 0. The fourth-order valence-corrected chi connectivity index (χ4v) is 5.61. The number of ether oxygens (including phenoxy) is 1. The highest BCUT2D eigenvalue weighted by molar-refractivity contribution is 7.98. The standard InChI is InChI=1S/C22H21ClN4OS2/c1-14-6-7-15-11-16(20(23)24-18(15)10-14)13-30-22-26-25-21(19-5-3-9-29-19)27(22)12-17-4-2-8-28-17/h3,5-7,9-11,17H,2,4,8,12-13H2,1H3. The summed E-state index contributed by atoms with van der Waals surface area (Å²) in [6.45, 7) is 3.66. The quantitative estimate of drug-likeness (QED) is 0.263. The van der Waals surface area contributed by atoms with E-state index in [2.05, 4.69) is 62.4 Å².